The third-order valence-corrected chi connectivity index (χ3v) is 6.78. The number of para-hydroxylation sites is 1. The van der Waals surface area contributed by atoms with Crippen LogP contribution in [0.1, 0.15) is 62.7 Å². The van der Waals surface area contributed by atoms with Crippen molar-refractivity contribution in [3.8, 4) is 5.75 Å². The fraction of sp³-hybridized carbons (Fsp3) is 0.609. The molecular weight excluding hydrogens is 370 g/mol. The Bertz CT molecular complexity index is 818. The predicted octanol–water partition coefficient (Wildman–Crippen LogP) is 3.29. The lowest BCUT2D eigenvalue weighted by Gasteiger charge is -2.60. The van der Waals surface area contributed by atoms with E-state index in [1.54, 1.807) is 25.1 Å². The van der Waals surface area contributed by atoms with Crippen molar-refractivity contribution in [1.82, 2.24) is 5.32 Å². The second kappa shape index (κ2) is 7.47. The summed E-state index contributed by atoms with van der Waals surface area (Å²) in [6.07, 6.45) is 5.50. The first-order valence-corrected chi connectivity index (χ1v) is 10.5. The first-order chi connectivity index (χ1) is 13.8. The van der Waals surface area contributed by atoms with Crippen molar-refractivity contribution in [2.45, 2.75) is 57.9 Å². The monoisotopic (exact) mass is 399 g/mol. The second-order valence-corrected chi connectivity index (χ2v) is 9.24. The van der Waals surface area contributed by atoms with Gasteiger partial charge in [0.2, 0.25) is 5.91 Å². The van der Waals surface area contributed by atoms with E-state index in [1.165, 1.54) is 6.92 Å². The Morgan fingerprint density at radius 1 is 1.03 bits per heavy atom. The van der Waals surface area contributed by atoms with E-state index in [2.05, 4.69) is 5.32 Å². The molecule has 0 heterocycles. The highest BCUT2D eigenvalue weighted by Crippen LogP contribution is 2.62. The van der Waals surface area contributed by atoms with Crippen LogP contribution in [0.25, 0.3) is 0 Å². The summed E-state index contributed by atoms with van der Waals surface area (Å²) in [6, 6.07) is 7.07. The van der Waals surface area contributed by atoms with Gasteiger partial charge in [0.05, 0.1) is 11.0 Å². The van der Waals surface area contributed by atoms with Crippen LogP contribution in [-0.2, 0) is 14.3 Å². The minimum Gasteiger partial charge on any atom is -0.489 e. The van der Waals surface area contributed by atoms with Gasteiger partial charge in [-0.05, 0) is 69.4 Å². The van der Waals surface area contributed by atoms with Crippen LogP contribution in [0.15, 0.2) is 24.3 Å². The molecule has 5 rings (SSSR count). The van der Waals surface area contributed by atoms with Gasteiger partial charge in [0.15, 0.2) is 5.78 Å². The number of hydrogen-bond donors (Lipinski definition) is 1. The van der Waals surface area contributed by atoms with Crippen LogP contribution in [0, 0.1) is 17.3 Å². The third kappa shape index (κ3) is 3.89. The molecule has 4 aliphatic rings. The fourth-order valence-corrected chi connectivity index (χ4v) is 6.34. The van der Waals surface area contributed by atoms with Crippen molar-refractivity contribution in [2.24, 2.45) is 17.3 Å². The summed E-state index contributed by atoms with van der Waals surface area (Å²) in [4.78, 5) is 36.5. The van der Waals surface area contributed by atoms with Crippen LogP contribution in [0.3, 0.4) is 0 Å². The molecule has 0 spiro atoms. The van der Waals surface area contributed by atoms with E-state index in [9.17, 15) is 14.4 Å². The molecule has 1 aromatic carbocycles. The summed E-state index contributed by atoms with van der Waals surface area (Å²) in [5, 5.41) is 3.17. The zero-order valence-corrected chi connectivity index (χ0v) is 17.2. The van der Waals surface area contributed by atoms with E-state index in [0.717, 1.165) is 32.1 Å². The Hall–Kier alpha value is -2.37. The van der Waals surface area contributed by atoms with Crippen molar-refractivity contribution in [2.75, 3.05) is 13.2 Å². The van der Waals surface area contributed by atoms with Gasteiger partial charge in [-0.1, -0.05) is 12.1 Å². The van der Waals surface area contributed by atoms with E-state index in [1.807, 2.05) is 6.07 Å². The van der Waals surface area contributed by atoms with E-state index in [4.69, 9.17) is 9.47 Å². The molecule has 6 heteroatoms. The van der Waals surface area contributed by atoms with Crippen LogP contribution in [0.4, 0.5) is 0 Å². The van der Waals surface area contributed by atoms with Crippen LogP contribution in [-0.4, -0.2) is 36.4 Å². The second-order valence-electron chi connectivity index (χ2n) is 9.24. The maximum Gasteiger partial charge on any atom is 0.312 e. The number of hydrogen-bond acceptors (Lipinski definition) is 5. The van der Waals surface area contributed by atoms with Gasteiger partial charge >= 0.3 is 5.97 Å². The number of nitrogens with one attached hydrogen (secondary N) is 1. The molecule has 6 nitrogen and oxygen atoms in total. The highest BCUT2D eigenvalue weighted by Gasteiger charge is 2.61. The van der Waals surface area contributed by atoms with Crippen LogP contribution >= 0.6 is 0 Å². The van der Waals surface area contributed by atoms with Crippen molar-refractivity contribution in [1.29, 1.82) is 0 Å². The minimum atomic E-state index is -0.482. The van der Waals surface area contributed by atoms with Gasteiger partial charge in [0.25, 0.3) is 0 Å². The van der Waals surface area contributed by atoms with Gasteiger partial charge < -0.3 is 14.8 Å². The lowest BCUT2D eigenvalue weighted by Crippen LogP contribution is -2.64. The van der Waals surface area contributed by atoms with Gasteiger partial charge in [0, 0.05) is 12.5 Å². The quantitative estimate of drug-likeness (QED) is 0.432. The fourth-order valence-electron chi connectivity index (χ4n) is 6.34. The Kier molecular flexibility index (Phi) is 5.13. The molecule has 4 saturated carbocycles. The molecule has 156 valence electrons. The van der Waals surface area contributed by atoms with Crippen molar-refractivity contribution in [3.63, 3.8) is 0 Å². The normalized spacial score (nSPS) is 31.9. The lowest BCUT2D eigenvalue weighted by atomic mass is 9.47. The summed E-state index contributed by atoms with van der Waals surface area (Å²) in [6.45, 7) is 3.41. The zero-order chi connectivity index (χ0) is 20.6. The van der Waals surface area contributed by atoms with Gasteiger partial charge in [0.1, 0.15) is 19.0 Å². The van der Waals surface area contributed by atoms with Gasteiger partial charge in [-0.2, -0.15) is 0 Å². The number of amides is 1. The van der Waals surface area contributed by atoms with Gasteiger partial charge in [-0.3, -0.25) is 14.4 Å². The number of carbonyl (C=O) groups is 3. The first-order valence-electron chi connectivity index (χ1n) is 10.5. The SMILES string of the molecule is CC(=O)NC12C[C@H]3C[C@@H](C1)CC(C(=O)OCCOc1ccccc1C(C)=O)(C3)C2. The highest BCUT2D eigenvalue weighted by atomic mass is 16.6. The number of Topliss-reactive ketones (excluding diaryl/α,β-unsaturated/α-hetero) is 1. The zero-order valence-electron chi connectivity index (χ0n) is 17.2. The number of benzene rings is 1. The smallest absolute Gasteiger partial charge is 0.312 e. The van der Waals surface area contributed by atoms with E-state index >= 15 is 0 Å². The largest absolute Gasteiger partial charge is 0.489 e. The molecule has 29 heavy (non-hydrogen) atoms. The molecule has 0 aliphatic heterocycles. The van der Waals surface area contributed by atoms with Crippen LogP contribution < -0.4 is 10.1 Å². The minimum absolute atomic E-state index is 0.0204. The number of ether oxygens (including phenoxy) is 2. The molecule has 1 amide bonds. The number of rotatable bonds is 7. The molecule has 1 N–H and O–H groups in total. The first kappa shape index (κ1) is 19.9. The summed E-state index contributed by atoms with van der Waals surface area (Å²) < 4.78 is 11.3. The molecule has 0 aromatic heterocycles. The molecule has 4 fully saturated rings. The predicted molar refractivity (Wildman–Crippen MR) is 107 cm³/mol. The van der Waals surface area contributed by atoms with Gasteiger partial charge in [-0.15, -0.1) is 0 Å². The summed E-state index contributed by atoms with van der Waals surface area (Å²) in [5.41, 5.74) is -0.201. The number of ketones is 1. The molecule has 0 saturated heterocycles. The molecule has 1 aromatic rings. The Morgan fingerprint density at radius 3 is 2.38 bits per heavy atom. The number of carbonyl (C=O) groups excluding carboxylic acids is 3. The van der Waals surface area contributed by atoms with Crippen molar-refractivity contribution >= 4 is 17.7 Å². The van der Waals surface area contributed by atoms with E-state index in [0.29, 0.717) is 29.6 Å². The van der Waals surface area contributed by atoms with Crippen LogP contribution in [0.2, 0.25) is 0 Å². The Balaban J connectivity index is 1.37. The summed E-state index contributed by atoms with van der Waals surface area (Å²) >= 11 is 0. The Labute approximate surface area is 171 Å². The molecule has 4 bridgehead atoms. The highest BCUT2D eigenvalue weighted by molar-refractivity contribution is 5.96. The lowest BCUT2D eigenvalue weighted by molar-refractivity contribution is -0.176. The average Bonchev–Trinajstić information content (AvgIpc) is 2.63. The maximum atomic E-state index is 13.1. The molecular formula is C23H29NO5. The van der Waals surface area contributed by atoms with Crippen molar-refractivity contribution < 1.29 is 23.9 Å². The Morgan fingerprint density at radius 2 is 1.72 bits per heavy atom. The van der Waals surface area contributed by atoms with E-state index < -0.39 is 5.41 Å². The topological polar surface area (TPSA) is 81.7 Å². The van der Waals surface area contributed by atoms with E-state index in [-0.39, 0.29) is 36.4 Å². The standard InChI is InChI=1S/C23H29NO5/c1-15(25)19-5-3-4-6-20(19)28-7-8-29-21(27)22-10-17-9-18(11-22)13-23(12-17,14-22)24-16(2)26/h3-6,17-18H,7-14H2,1-2H3,(H,24,26)/t17-,18+,22?,23?. The molecule has 4 atom stereocenters. The summed E-state index contributed by atoms with van der Waals surface area (Å²) in [5.74, 6) is 1.23. The molecule has 0 radical (unpaired) electrons. The molecule has 4 aliphatic carbocycles. The van der Waals surface area contributed by atoms with Crippen LogP contribution in [0.5, 0.6) is 5.75 Å². The van der Waals surface area contributed by atoms with Gasteiger partial charge in [-0.25, -0.2) is 0 Å². The summed E-state index contributed by atoms with van der Waals surface area (Å²) in [7, 11) is 0. The average molecular weight is 399 g/mol. The van der Waals surface area contributed by atoms with Crippen molar-refractivity contribution in [3.05, 3.63) is 29.8 Å². The third-order valence-electron chi connectivity index (χ3n) is 6.78. The maximum absolute atomic E-state index is 13.1. The number of esters is 1. The molecule has 2 unspecified atom stereocenters.